The lowest BCUT2D eigenvalue weighted by atomic mass is 9.94. The van der Waals surface area contributed by atoms with Crippen LogP contribution in [0, 0.1) is 11.8 Å². The Balaban J connectivity index is 1.98. The molecule has 0 aliphatic heterocycles. The molecule has 0 aromatic carbocycles. The quantitative estimate of drug-likeness (QED) is 0.858. The van der Waals surface area contributed by atoms with Gasteiger partial charge in [-0.25, -0.2) is 0 Å². The third-order valence-corrected chi connectivity index (χ3v) is 3.95. The zero-order valence-electron chi connectivity index (χ0n) is 12.1. The largest absolute Gasteiger partial charge is 0.365 e. The fourth-order valence-electron chi connectivity index (χ4n) is 2.85. The third kappa shape index (κ3) is 3.37. The predicted octanol–water partition coefficient (Wildman–Crippen LogP) is 1.67. The Kier molecular flexibility index (Phi) is 4.42. The molecule has 3 N–H and O–H groups in total. The molecule has 1 aromatic heterocycles. The van der Waals surface area contributed by atoms with Crippen LogP contribution < -0.4 is 11.1 Å². The van der Waals surface area contributed by atoms with E-state index in [4.69, 9.17) is 5.73 Å². The maximum absolute atomic E-state index is 12.2. The van der Waals surface area contributed by atoms with Gasteiger partial charge in [0.2, 0.25) is 5.91 Å². The first-order chi connectivity index (χ1) is 9.47. The van der Waals surface area contributed by atoms with Crippen LogP contribution in [0.5, 0.6) is 0 Å². The van der Waals surface area contributed by atoms with Crippen molar-refractivity contribution in [3.05, 3.63) is 11.8 Å². The van der Waals surface area contributed by atoms with E-state index in [0.29, 0.717) is 5.92 Å². The van der Waals surface area contributed by atoms with Crippen LogP contribution in [0.1, 0.15) is 49.4 Å². The normalized spacial score (nSPS) is 17.1. The van der Waals surface area contributed by atoms with E-state index in [0.717, 1.165) is 6.42 Å². The van der Waals surface area contributed by atoms with Crippen molar-refractivity contribution in [3.8, 4) is 0 Å². The topological polar surface area (TPSA) is 90.0 Å². The number of carbonyl (C=O) groups is 2. The molecule has 0 unspecified atom stereocenters. The van der Waals surface area contributed by atoms with E-state index in [1.165, 1.54) is 36.6 Å². The van der Waals surface area contributed by atoms with Crippen LogP contribution in [0.2, 0.25) is 0 Å². The molecular weight excluding hydrogens is 256 g/mol. The van der Waals surface area contributed by atoms with Crippen LogP contribution in [0.4, 0.5) is 5.82 Å². The zero-order valence-corrected chi connectivity index (χ0v) is 12.1. The molecule has 2 amide bonds. The van der Waals surface area contributed by atoms with Gasteiger partial charge in [0, 0.05) is 19.2 Å². The molecule has 1 aromatic rings. The SMILES string of the molecule is C[C@@H](CC1CCCC1)C(=O)Nc1nn(C)cc1C(N)=O. The molecule has 1 atom stereocenters. The number of hydrogen-bond acceptors (Lipinski definition) is 3. The number of nitrogens with one attached hydrogen (secondary N) is 1. The van der Waals surface area contributed by atoms with Crippen molar-refractivity contribution in [2.75, 3.05) is 5.32 Å². The number of hydrogen-bond donors (Lipinski definition) is 2. The van der Waals surface area contributed by atoms with Gasteiger partial charge in [-0.1, -0.05) is 32.6 Å². The molecule has 6 heteroatoms. The van der Waals surface area contributed by atoms with Crippen molar-refractivity contribution in [3.63, 3.8) is 0 Å². The minimum Gasteiger partial charge on any atom is -0.365 e. The van der Waals surface area contributed by atoms with Gasteiger partial charge in [-0.05, 0) is 12.3 Å². The molecule has 1 aliphatic rings. The lowest BCUT2D eigenvalue weighted by Crippen LogP contribution is -2.24. The molecule has 0 saturated heterocycles. The summed E-state index contributed by atoms with van der Waals surface area (Å²) in [6.07, 6.45) is 7.38. The molecule has 110 valence electrons. The van der Waals surface area contributed by atoms with Gasteiger partial charge in [0.05, 0.1) is 0 Å². The Hall–Kier alpha value is -1.85. The molecular formula is C14H22N4O2. The summed E-state index contributed by atoms with van der Waals surface area (Å²) < 4.78 is 1.47. The van der Waals surface area contributed by atoms with Crippen molar-refractivity contribution in [2.45, 2.75) is 39.0 Å². The summed E-state index contributed by atoms with van der Waals surface area (Å²) in [5.74, 6) is 0.133. The molecule has 0 bridgehead atoms. The molecule has 0 radical (unpaired) electrons. The number of carbonyl (C=O) groups excluding carboxylic acids is 2. The van der Waals surface area contributed by atoms with E-state index in [1.54, 1.807) is 7.05 Å². The van der Waals surface area contributed by atoms with Crippen LogP contribution in [-0.4, -0.2) is 21.6 Å². The van der Waals surface area contributed by atoms with Crippen molar-refractivity contribution < 1.29 is 9.59 Å². The summed E-state index contributed by atoms with van der Waals surface area (Å²) in [6.45, 7) is 1.92. The maximum Gasteiger partial charge on any atom is 0.254 e. The van der Waals surface area contributed by atoms with Gasteiger partial charge >= 0.3 is 0 Å². The van der Waals surface area contributed by atoms with E-state index in [1.807, 2.05) is 6.92 Å². The first kappa shape index (κ1) is 14.6. The second-order valence-corrected chi connectivity index (χ2v) is 5.71. The highest BCUT2D eigenvalue weighted by atomic mass is 16.2. The Morgan fingerprint density at radius 2 is 2.15 bits per heavy atom. The highest BCUT2D eigenvalue weighted by Crippen LogP contribution is 2.30. The van der Waals surface area contributed by atoms with Crippen LogP contribution in [0.25, 0.3) is 0 Å². The van der Waals surface area contributed by atoms with Crippen molar-refractivity contribution in [1.82, 2.24) is 9.78 Å². The molecule has 1 aliphatic carbocycles. The third-order valence-electron chi connectivity index (χ3n) is 3.95. The molecule has 1 saturated carbocycles. The Morgan fingerprint density at radius 3 is 2.75 bits per heavy atom. The summed E-state index contributed by atoms with van der Waals surface area (Å²) in [7, 11) is 1.68. The van der Waals surface area contributed by atoms with Gasteiger partial charge in [-0.2, -0.15) is 5.10 Å². The number of aryl methyl sites for hydroxylation is 1. The standard InChI is InChI=1S/C14H22N4O2/c1-9(7-10-5-3-4-6-10)14(20)16-13-11(12(15)19)8-18(2)17-13/h8-10H,3-7H2,1-2H3,(H2,15,19)(H,16,17,20)/t9-/m0/s1. The number of nitrogens with zero attached hydrogens (tertiary/aromatic N) is 2. The molecule has 20 heavy (non-hydrogen) atoms. The molecule has 0 spiro atoms. The maximum atomic E-state index is 12.2. The van der Waals surface area contributed by atoms with Gasteiger partial charge in [0.15, 0.2) is 5.82 Å². The number of anilines is 1. The van der Waals surface area contributed by atoms with Crippen molar-refractivity contribution in [2.24, 2.45) is 24.6 Å². The van der Waals surface area contributed by atoms with E-state index in [-0.39, 0.29) is 23.2 Å². The molecule has 6 nitrogen and oxygen atoms in total. The summed E-state index contributed by atoms with van der Waals surface area (Å²) in [5.41, 5.74) is 5.51. The van der Waals surface area contributed by atoms with Gasteiger partial charge in [-0.15, -0.1) is 0 Å². The van der Waals surface area contributed by atoms with Gasteiger partial charge in [0.25, 0.3) is 5.91 Å². The number of aromatic nitrogens is 2. The first-order valence-electron chi connectivity index (χ1n) is 7.11. The Labute approximate surface area is 118 Å². The summed E-state index contributed by atoms with van der Waals surface area (Å²) >= 11 is 0. The van der Waals surface area contributed by atoms with Crippen LogP contribution in [0.15, 0.2) is 6.20 Å². The smallest absolute Gasteiger partial charge is 0.254 e. The molecule has 1 fully saturated rings. The second-order valence-electron chi connectivity index (χ2n) is 5.71. The summed E-state index contributed by atoms with van der Waals surface area (Å²) in [4.78, 5) is 23.5. The van der Waals surface area contributed by atoms with Gasteiger partial charge < -0.3 is 11.1 Å². The lowest BCUT2D eigenvalue weighted by molar-refractivity contribution is -0.119. The highest BCUT2D eigenvalue weighted by Gasteiger charge is 2.23. The molecule has 1 heterocycles. The number of amides is 2. The number of nitrogens with two attached hydrogens (primary N) is 1. The highest BCUT2D eigenvalue weighted by molar-refractivity contribution is 6.02. The monoisotopic (exact) mass is 278 g/mol. The Morgan fingerprint density at radius 1 is 1.50 bits per heavy atom. The van der Waals surface area contributed by atoms with Crippen LogP contribution in [-0.2, 0) is 11.8 Å². The van der Waals surface area contributed by atoms with Gasteiger partial charge in [-0.3, -0.25) is 14.3 Å². The summed E-state index contributed by atoms with van der Waals surface area (Å²) in [5, 5.41) is 6.78. The number of primary amides is 1. The number of rotatable bonds is 5. The van der Waals surface area contributed by atoms with E-state index in [2.05, 4.69) is 10.4 Å². The van der Waals surface area contributed by atoms with Crippen LogP contribution >= 0.6 is 0 Å². The minimum atomic E-state index is -0.586. The summed E-state index contributed by atoms with van der Waals surface area (Å²) in [6, 6.07) is 0. The first-order valence-corrected chi connectivity index (χ1v) is 7.11. The van der Waals surface area contributed by atoms with E-state index < -0.39 is 5.91 Å². The fraction of sp³-hybridized carbons (Fsp3) is 0.643. The van der Waals surface area contributed by atoms with Crippen LogP contribution in [0.3, 0.4) is 0 Å². The van der Waals surface area contributed by atoms with Crippen molar-refractivity contribution in [1.29, 1.82) is 0 Å². The minimum absolute atomic E-state index is 0.0826. The van der Waals surface area contributed by atoms with Crippen molar-refractivity contribution >= 4 is 17.6 Å². The second kappa shape index (κ2) is 6.07. The predicted molar refractivity (Wildman–Crippen MR) is 76.1 cm³/mol. The molecule has 2 rings (SSSR count). The van der Waals surface area contributed by atoms with Gasteiger partial charge in [0.1, 0.15) is 5.56 Å². The fourth-order valence-corrected chi connectivity index (χ4v) is 2.85. The average molecular weight is 278 g/mol. The lowest BCUT2D eigenvalue weighted by Gasteiger charge is -2.15. The average Bonchev–Trinajstić information content (AvgIpc) is 2.98. The Bertz CT molecular complexity index is 503. The van der Waals surface area contributed by atoms with E-state index >= 15 is 0 Å². The van der Waals surface area contributed by atoms with E-state index in [9.17, 15) is 9.59 Å². The zero-order chi connectivity index (χ0) is 14.7.